The van der Waals surface area contributed by atoms with Crippen LogP contribution in [0.1, 0.15) is 46.5 Å². The molecule has 3 N–H and O–H groups in total. The normalized spacial score (nSPS) is 22.9. The van der Waals surface area contributed by atoms with Crippen molar-refractivity contribution in [1.82, 2.24) is 0 Å². The molecule has 2 rings (SSSR count). The molecule has 0 aliphatic heterocycles. The van der Waals surface area contributed by atoms with Crippen LogP contribution in [0.3, 0.4) is 0 Å². The van der Waals surface area contributed by atoms with E-state index in [1.807, 2.05) is 0 Å². The number of amides is 1. The molecule has 0 aromatic heterocycles. The van der Waals surface area contributed by atoms with Gasteiger partial charge in [-0.25, -0.2) is 4.39 Å². The summed E-state index contributed by atoms with van der Waals surface area (Å²) in [7, 11) is 0. The summed E-state index contributed by atoms with van der Waals surface area (Å²) >= 11 is 0. The van der Waals surface area contributed by atoms with Crippen LogP contribution in [0, 0.1) is 23.1 Å². The van der Waals surface area contributed by atoms with Crippen LogP contribution in [-0.2, 0) is 4.79 Å². The monoisotopic (exact) mass is 292 g/mol. The molecule has 0 spiro atoms. The second kappa shape index (κ2) is 6.04. The van der Waals surface area contributed by atoms with E-state index in [1.165, 1.54) is 12.1 Å². The van der Waals surface area contributed by atoms with Crippen molar-refractivity contribution in [2.75, 3.05) is 11.1 Å². The first-order valence-electron chi connectivity index (χ1n) is 7.63. The topological polar surface area (TPSA) is 55.1 Å². The number of rotatable bonds is 2. The van der Waals surface area contributed by atoms with Crippen molar-refractivity contribution in [2.45, 2.75) is 46.5 Å². The highest BCUT2D eigenvalue weighted by molar-refractivity contribution is 5.92. The summed E-state index contributed by atoms with van der Waals surface area (Å²) in [6.45, 7) is 6.78. The summed E-state index contributed by atoms with van der Waals surface area (Å²) < 4.78 is 13.4. The molecule has 0 radical (unpaired) electrons. The van der Waals surface area contributed by atoms with Gasteiger partial charge in [0.1, 0.15) is 5.82 Å². The van der Waals surface area contributed by atoms with E-state index in [0.717, 1.165) is 25.7 Å². The SMILES string of the molecule is CC(C)(C)C1CCC(C(=O)Nc2ccc(N)c(F)c2)CC1. The minimum Gasteiger partial charge on any atom is -0.396 e. The van der Waals surface area contributed by atoms with Gasteiger partial charge in [0, 0.05) is 11.6 Å². The Labute approximate surface area is 126 Å². The summed E-state index contributed by atoms with van der Waals surface area (Å²) in [6, 6.07) is 4.38. The molecule has 21 heavy (non-hydrogen) atoms. The van der Waals surface area contributed by atoms with Crippen LogP contribution in [0.2, 0.25) is 0 Å². The van der Waals surface area contributed by atoms with E-state index >= 15 is 0 Å². The molecule has 1 aliphatic carbocycles. The molecule has 1 aromatic carbocycles. The van der Waals surface area contributed by atoms with E-state index in [-0.39, 0.29) is 17.5 Å². The first-order chi connectivity index (χ1) is 9.77. The van der Waals surface area contributed by atoms with Gasteiger partial charge in [0.05, 0.1) is 5.69 Å². The van der Waals surface area contributed by atoms with Crippen molar-refractivity contribution in [3.63, 3.8) is 0 Å². The largest absolute Gasteiger partial charge is 0.396 e. The number of halogens is 1. The molecule has 1 saturated carbocycles. The van der Waals surface area contributed by atoms with E-state index in [4.69, 9.17) is 5.73 Å². The quantitative estimate of drug-likeness (QED) is 0.803. The molecule has 3 nitrogen and oxygen atoms in total. The van der Waals surface area contributed by atoms with Crippen LogP contribution in [0.4, 0.5) is 15.8 Å². The number of anilines is 2. The Morgan fingerprint density at radius 1 is 1.24 bits per heavy atom. The fourth-order valence-corrected chi connectivity index (χ4v) is 3.07. The van der Waals surface area contributed by atoms with Crippen LogP contribution in [-0.4, -0.2) is 5.91 Å². The molecule has 0 atom stereocenters. The summed E-state index contributed by atoms with van der Waals surface area (Å²) in [5, 5.41) is 2.80. The number of nitrogen functional groups attached to an aromatic ring is 1. The third-order valence-corrected chi connectivity index (χ3v) is 4.59. The fraction of sp³-hybridized carbons (Fsp3) is 0.588. The Hall–Kier alpha value is -1.58. The lowest BCUT2D eigenvalue weighted by Gasteiger charge is -2.36. The Bertz CT molecular complexity index is 514. The molecule has 1 fully saturated rings. The zero-order chi connectivity index (χ0) is 15.6. The van der Waals surface area contributed by atoms with Gasteiger partial charge in [0.2, 0.25) is 5.91 Å². The maximum Gasteiger partial charge on any atom is 0.227 e. The molecule has 0 unspecified atom stereocenters. The minimum atomic E-state index is -0.496. The van der Waals surface area contributed by atoms with E-state index in [9.17, 15) is 9.18 Å². The minimum absolute atomic E-state index is 0.00784. The smallest absolute Gasteiger partial charge is 0.227 e. The van der Waals surface area contributed by atoms with Gasteiger partial charge in [-0.05, 0) is 55.2 Å². The lowest BCUT2D eigenvalue weighted by molar-refractivity contribution is -0.121. The molecule has 0 bridgehead atoms. The molecule has 0 heterocycles. The Balaban J connectivity index is 1.92. The number of carbonyl (C=O) groups excluding carboxylic acids is 1. The predicted octanol–water partition coefficient (Wildman–Crippen LogP) is 4.20. The van der Waals surface area contributed by atoms with Crippen molar-refractivity contribution in [1.29, 1.82) is 0 Å². The lowest BCUT2D eigenvalue weighted by atomic mass is 9.69. The van der Waals surface area contributed by atoms with Crippen LogP contribution in [0.15, 0.2) is 18.2 Å². The van der Waals surface area contributed by atoms with Gasteiger partial charge in [0.15, 0.2) is 0 Å². The number of hydrogen-bond acceptors (Lipinski definition) is 2. The van der Waals surface area contributed by atoms with Crippen LogP contribution >= 0.6 is 0 Å². The highest BCUT2D eigenvalue weighted by Gasteiger charge is 2.32. The highest BCUT2D eigenvalue weighted by atomic mass is 19.1. The maximum absolute atomic E-state index is 13.4. The van der Waals surface area contributed by atoms with Gasteiger partial charge >= 0.3 is 0 Å². The third-order valence-electron chi connectivity index (χ3n) is 4.59. The van der Waals surface area contributed by atoms with Crippen molar-refractivity contribution < 1.29 is 9.18 Å². The molecular formula is C17H25FN2O. The zero-order valence-electron chi connectivity index (χ0n) is 13.1. The summed E-state index contributed by atoms with van der Waals surface area (Å²) in [4.78, 5) is 12.3. The van der Waals surface area contributed by atoms with Gasteiger partial charge in [-0.1, -0.05) is 20.8 Å². The van der Waals surface area contributed by atoms with Gasteiger partial charge in [-0.2, -0.15) is 0 Å². The van der Waals surface area contributed by atoms with Crippen LogP contribution < -0.4 is 11.1 Å². The number of nitrogens with two attached hydrogens (primary N) is 1. The van der Waals surface area contributed by atoms with Gasteiger partial charge in [0.25, 0.3) is 0 Å². The Morgan fingerprint density at radius 3 is 2.38 bits per heavy atom. The molecule has 1 aromatic rings. The molecule has 4 heteroatoms. The van der Waals surface area contributed by atoms with E-state index < -0.39 is 5.82 Å². The first kappa shape index (κ1) is 15.8. The average molecular weight is 292 g/mol. The van der Waals surface area contributed by atoms with Crippen molar-refractivity contribution >= 4 is 17.3 Å². The van der Waals surface area contributed by atoms with E-state index in [1.54, 1.807) is 6.07 Å². The van der Waals surface area contributed by atoms with Gasteiger partial charge in [-0.3, -0.25) is 4.79 Å². The van der Waals surface area contributed by atoms with E-state index in [2.05, 4.69) is 26.1 Å². The molecule has 0 saturated heterocycles. The lowest BCUT2D eigenvalue weighted by Crippen LogP contribution is -2.31. The summed E-state index contributed by atoms with van der Waals surface area (Å²) in [5.41, 5.74) is 6.31. The summed E-state index contributed by atoms with van der Waals surface area (Å²) in [5.74, 6) is 0.204. The van der Waals surface area contributed by atoms with Crippen molar-refractivity contribution in [3.8, 4) is 0 Å². The standard InChI is InChI=1S/C17H25FN2O/c1-17(2,3)12-6-4-11(5-7-12)16(21)20-13-8-9-15(19)14(18)10-13/h8-12H,4-7,19H2,1-3H3,(H,20,21). The fourth-order valence-electron chi connectivity index (χ4n) is 3.07. The van der Waals surface area contributed by atoms with Crippen molar-refractivity contribution in [2.24, 2.45) is 17.3 Å². The molecule has 1 aliphatic rings. The number of benzene rings is 1. The van der Waals surface area contributed by atoms with Crippen LogP contribution in [0.25, 0.3) is 0 Å². The molecule has 116 valence electrons. The van der Waals surface area contributed by atoms with Gasteiger partial charge < -0.3 is 11.1 Å². The maximum atomic E-state index is 13.4. The first-order valence-corrected chi connectivity index (χ1v) is 7.63. The van der Waals surface area contributed by atoms with E-state index in [0.29, 0.717) is 17.0 Å². The summed E-state index contributed by atoms with van der Waals surface area (Å²) in [6.07, 6.45) is 3.98. The zero-order valence-corrected chi connectivity index (χ0v) is 13.1. The third kappa shape index (κ3) is 3.96. The van der Waals surface area contributed by atoms with Crippen LogP contribution in [0.5, 0.6) is 0 Å². The number of carbonyl (C=O) groups is 1. The number of nitrogens with one attached hydrogen (secondary N) is 1. The predicted molar refractivity (Wildman–Crippen MR) is 84.3 cm³/mol. The second-order valence-corrected chi connectivity index (χ2v) is 7.14. The number of hydrogen-bond donors (Lipinski definition) is 2. The Morgan fingerprint density at radius 2 is 1.86 bits per heavy atom. The second-order valence-electron chi connectivity index (χ2n) is 7.14. The van der Waals surface area contributed by atoms with Gasteiger partial charge in [-0.15, -0.1) is 0 Å². The highest BCUT2D eigenvalue weighted by Crippen LogP contribution is 2.40. The van der Waals surface area contributed by atoms with Crippen molar-refractivity contribution in [3.05, 3.63) is 24.0 Å². The molecular weight excluding hydrogens is 267 g/mol. The molecule has 1 amide bonds. The average Bonchev–Trinajstić information content (AvgIpc) is 2.42. The Kier molecular flexibility index (Phi) is 4.55.